The summed E-state index contributed by atoms with van der Waals surface area (Å²) >= 11 is 4.24. The van der Waals surface area contributed by atoms with Gasteiger partial charge in [0, 0.05) is 49.3 Å². The highest BCUT2D eigenvalue weighted by atomic mass is 128. The van der Waals surface area contributed by atoms with Crippen molar-refractivity contribution < 1.29 is 4.74 Å². The number of benzene rings is 1. The van der Waals surface area contributed by atoms with E-state index in [1.165, 1.54) is 11.1 Å². The molecule has 1 aromatic carbocycles. The van der Waals surface area contributed by atoms with E-state index in [-0.39, 0.29) is 0 Å². The second-order valence-electron chi connectivity index (χ2n) is 3.49. The molecule has 0 spiro atoms. The van der Waals surface area contributed by atoms with Crippen molar-refractivity contribution in [3.05, 3.63) is 29.3 Å². The van der Waals surface area contributed by atoms with Gasteiger partial charge in [0.2, 0.25) is 7.41 Å². The van der Waals surface area contributed by atoms with E-state index in [2.05, 4.69) is 75.6 Å². The van der Waals surface area contributed by atoms with Crippen molar-refractivity contribution in [1.29, 1.82) is 0 Å². The van der Waals surface area contributed by atoms with Crippen molar-refractivity contribution in [2.45, 2.75) is 20.3 Å². The summed E-state index contributed by atoms with van der Waals surface area (Å²) in [7, 11) is 5.83. The number of methoxy groups -OCH3 is 1. The van der Waals surface area contributed by atoms with Crippen LogP contribution in [0.4, 0.5) is 0 Å². The summed E-state index contributed by atoms with van der Waals surface area (Å²) in [6, 6.07) is 6.25. The SMILES string of the molecule is C[B]N(C)Cc1cc(C)ccc1OC.II. The zero-order valence-electron chi connectivity index (χ0n) is 10.1. The fourth-order valence-corrected chi connectivity index (χ4v) is 1.39. The lowest BCUT2D eigenvalue weighted by atomic mass is 9.95. The molecule has 0 heterocycles. The van der Waals surface area contributed by atoms with Gasteiger partial charge in [0.15, 0.2) is 0 Å². The molecule has 0 saturated heterocycles. The maximum absolute atomic E-state index is 5.31. The molecule has 0 amide bonds. The number of hydrogen-bond acceptors (Lipinski definition) is 2. The minimum Gasteiger partial charge on any atom is -0.496 e. The Morgan fingerprint density at radius 2 is 2.00 bits per heavy atom. The number of halogens is 2. The molecule has 16 heavy (non-hydrogen) atoms. The maximum atomic E-state index is 5.31. The van der Waals surface area contributed by atoms with Gasteiger partial charge >= 0.3 is 0 Å². The highest BCUT2D eigenvalue weighted by Gasteiger charge is 2.05. The van der Waals surface area contributed by atoms with E-state index in [1.807, 2.05) is 12.9 Å². The predicted molar refractivity (Wildman–Crippen MR) is 88.9 cm³/mol. The van der Waals surface area contributed by atoms with E-state index in [9.17, 15) is 0 Å². The van der Waals surface area contributed by atoms with Gasteiger partial charge < -0.3 is 9.55 Å². The fourth-order valence-electron chi connectivity index (χ4n) is 1.39. The summed E-state index contributed by atoms with van der Waals surface area (Å²) in [6.07, 6.45) is 0. The molecule has 1 rings (SSSR count). The molecule has 0 aliphatic carbocycles. The molecule has 0 aliphatic heterocycles. The topological polar surface area (TPSA) is 12.5 Å². The summed E-state index contributed by atoms with van der Waals surface area (Å²) < 4.78 is 5.31. The molecule has 1 radical (unpaired) electrons. The monoisotopic (exact) mass is 444 g/mol. The molecular formula is C11H17BI2NO. The lowest BCUT2D eigenvalue weighted by Gasteiger charge is -2.16. The van der Waals surface area contributed by atoms with E-state index in [1.54, 1.807) is 7.11 Å². The van der Waals surface area contributed by atoms with E-state index < -0.39 is 0 Å². The van der Waals surface area contributed by atoms with Gasteiger partial charge in [-0.2, -0.15) is 0 Å². The zero-order valence-corrected chi connectivity index (χ0v) is 14.4. The second kappa shape index (κ2) is 9.53. The van der Waals surface area contributed by atoms with E-state index in [4.69, 9.17) is 4.74 Å². The molecule has 0 aromatic heterocycles. The largest absolute Gasteiger partial charge is 0.496 e. The Bertz CT molecular complexity index is 310. The van der Waals surface area contributed by atoms with Crippen molar-refractivity contribution in [3.8, 4) is 5.75 Å². The van der Waals surface area contributed by atoms with Gasteiger partial charge in [-0.05, 0) is 20.0 Å². The van der Waals surface area contributed by atoms with Gasteiger partial charge in [0.1, 0.15) is 5.75 Å². The van der Waals surface area contributed by atoms with Gasteiger partial charge in [0.25, 0.3) is 0 Å². The van der Waals surface area contributed by atoms with Crippen LogP contribution in [0.25, 0.3) is 0 Å². The zero-order chi connectivity index (χ0) is 12.6. The molecule has 89 valence electrons. The third-order valence-electron chi connectivity index (χ3n) is 2.30. The third kappa shape index (κ3) is 5.72. The normalized spacial score (nSPS) is 9.44. The highest BCUT2D eigenvalue weighted by molar-refractivity contribution is 15.0. The fraction of sp³-hybridized carbons (Fsp3) is 0.455. The van der Waals surface area contributed by atoms with Crippen molar-refractivity contribution in [1.82, 2.24) is 4.81 Å². The Labute approximate surface area is 123 Å². The van der Waals surface area contributed by atoms with E-state index in [0.29, 0.717) is 0 Å². The van der Waals surface area contributed by atoms with E-state index >= 15 is 0 Å². The molecule has 0 fully saturated rings. The van der Waals surface area contributed by atoms with Gasteiger partial charge in [-0.25, -0.2) is 0 Å². The standard InChI is InChI=1S/C11H17BNO.I2/c1-9-5-6-11(14-4)10(7-9)8-13(3)12-2;1-2/h5-7H,8H2,1-4H3;. The van der Waals surface area contributed by atoms with Crippen LogP contribution in [0.15, 0.2) is 18.2 Å². The lowest BCUT2D eigenvalue weighted by molar-refractivity contribution is 0.401. The van der Waals surface area contributed by atoms with Crippen LogP contribution in [0.2, 0.25) is 6.82 Å². The number of rotatable bonds is 4. The number of nitrogens with zero attached hydrogens (tertiary/aromatic N) is 1. The summed E-state index contributed by atoms with van der Waals surface area (Å²) in [5.74, 6) is 0.962. The molecule has 5 heteroatoms. The van der Waals surface area contributed by atoms with Crippen LogP contribution in [0.5, 0.6) is 5.75 Å². The molecule has 2 nitrogen and oxygen atoms in total. The van der Waals surface area contributed by atoms with Gasteiger partial charge in [-0.1, -0.05) is 24.5 Å². The van der Waals surface area contributed by atoms with Crippen LogP contribution in [0.3, 0.4) is 0 Å². The highest BCUT2D eigenvalue weighted by Crippen LogP contribution is 2.20. The minimum atomic E-state index is 0.890. The van der Waals surface area contributed by atoms with Crippen molar-refractivity contribution in [2.24, 2.45) is 0 Å². The van der Waals surface area contributed by atoms with Crippen molar-refractivity contribution in [2.75, 3.05) is 14.2 Å². The van der Waals surface area contributed by atoms with Crippen LogP contribution in [0.1, 0.15) is 11.1 Å². The van der Waals surface area contributed by atoms with Crippen LogP contribution >= 0.6 is 37.2 Å². The Morgan fingerprint density at radius 3 is 2.50 bits per heavy atom. The summed E-state index contributed by atoms with van der Waals surface area (Å²) in [5.41, 5.74) is 2.50. The maximum Gasteiger partial charge on any atom is 0.205 e. The van der Waals surface area contributed by atoms with Crippen molar-refractivity contribution in [3.63, 3.8) is 0 Å². The molecule has 0 atom stereocenters. The molecule has 0 N–H and O–H groups in total. The number of aryl methyl sites for hydroxylation is 1. The number of ether oxygens (including phenoxy) is 1. The quantitative estimate of drug-likeness (QED) is 0.517. The van der Waals surface area contributed by atoms with Crippen LogP contribution in [-0.2, 0) is 6.54 Å². The first-order valence-corrected chi connectivity index (χ1v) is 11.2. The second-order valence-corrected chi connectivity index (χ2v) is 3.49. The summed E-state index contributed by atoms with van der Waals surface area (Å²) in [4.78, 5) is 2.14. The molecular weight excluding hydrogens is 427 g/mol. The molecule has 1 aromatic rings. The van der Waals surface area contributed by atoms with Crippen molar-refractivity contribution >= 4 is 44.6 Å². The van der Waals surface area contributed by atoms with Crippen LogP contribution in [-0.4, -0.2) is 26.4 Å². The smallest absolute Gasteiger partial charge is 0.205 e. The molecule has 0 aliphatic rings. The first kappa shape index (κ1) is 16.5. The number of hydrogen-bond donors (Lipinski definition) is 0. The predicted octanol–water partition coefficient (Wildman–Crippen LogP) is 3.87. The van der Waals surface area contributed by atoms with Crippen LogP contribution < -0.4 is 4.74 Å². The molecule has 0 bridgehead atoms. The first-order chi connectivity index (χ1) is 7.67. The summed E-state index contributed by atoms with van der Waals surface area (Å²) in [6.45, 7) is 5.02. The Morgan fingerprint density at radius 1 is 1.38 bits per heavy atom. The minimum absolute atomic E-state index is 0.890. The Balaban J connectivity index is 0.00000106. The van der Waals surface area contributed by atoms with Gasteiger partial charge in [0.05, 0.1) is 7.11 Å². The Hall–Kier alpha value is 0.505. The van der Waals surface area contributed by atoms with Gasteiger partial charge in [-0.3, -0.25) is 0 Å². The first-order valence-electron chi connectivity index (χ1n) is 4.95. The van der Waals surface area contributed by atoms with E-state index in [0.717, 1.165) is 12.3 Å². The van der Waals surface area contributed by atoms with Gasteiger partial charge in [-0.15, -0.1) is 0 Å². The van der Waals surface area contributed by atoms with Crippen LogP contribution in [0, 0.1) is 6.92 Å². The molecule has 0 saturated carbocycles. The molecule has 0 unspecified atom stereocenters. The average Bonchev–Trinajstić information content (AvgIpc) is 2.32. The summed E-state index contributed by atoms with van der Waals surface area (Å²) in [5, 5.41) is 0. The Kier molecular flexibility index (Phi) is 9.83. The third-order valence-corrected chi connectivity index (χ3v) is 2.30. The lowest BCUT2D eigenvalue weighted by Crippen LogP contribution is -2.20. The average molecular weight is 444 g/mol.